The van der Waals surface area contributed by atoms with Gasteiger partial charge >= 0.3 is 0 Å². The molecule has 1 aromatic carbocycles. The average Bonchev–Trinajstić information content (AvgIpc) is 3.15. The zero-order valence-electron chi connectivity index (χ0n) is 16.2. The number of hydrogen-bond acceptors (Lipinski definition) is 5. The van der Waals surface area contributed by atoms with Crippen LogP contribution >= 0.6 is 0 Å². The third-order valence-electron chi connectivity index (χ3n) is 4.85. The van der Waals surface area contributed by atoms with Crippen molar-refractivity contribution in [2.75, 3.05) is 39.9 Å². The molecule has 28 heavy (non-hydrogen) atoms. The molecule has 3 rings (SSSR count). The van der Waals surface area contributed by atoms with Gasteiger partial charge in [0.25, 0.3) is 0 Å². The van der Waals surface area contributed by atoms with Crippen LogP contribution in [-0.2, 0) is 27.3 Å². The number of ether oxygens (including phenoxy) is 1. The molecule has 2 aromatic rings. The summed E-state index contributed by atoms with van der Waals surface area (Å²) in [5, 5.41) is 0. The lowest BCUT2D eigenvalue weighted by atomic mass is 10.1. The topological polar surface area (TPSA) is 93.7 Å². The molecule has 0 unspecified atom stereocenters. The van der Waals surface area contributed by atoms with Crippen LogP contribution in [0.25, 0.3) is 0 Å². The molecule has 0 radical (unpaired) electrons. The summed E-state index contributed by atoms with van der Waals surface area (Å²) in [7, 11) is 1.50. The molecule has 0 aliphatic carbocycles. The molecule has 2 N–H and O–H groups in total. The van der Waals surface area contributed by atoms with Crippen LogP contribution < -0.4 is 5.73 Å². The second-order valence-corrected chi connectivity index (χ2v) is 6.97. The Hall–Kier alpha value is -2.71. The van der Waals surface area contributed by atoms with E-state index in [9.17, 15) is 9.59 Å². The highest BCUT2D eigenvalue weighted by molar-refractivity contribution is 5.82. The molecular weight excluding hydrogens is 358 g/mol. The van der Waals surface area contributed by atoms with Gasteiger partial charge in [0, 0.05) is 52.5 Å². The lowest BCUT2D eigenvalue weighted by Crippen LogP contribution is -2.55. The number of piperazine rings is 1. The molecule has 8 nitrogen and oxygen atoms in total. The maximum Gasteiger partial charge on any atom is 0.248 e. The fourth-order valence-corrected chi connectivity index (χ4v) is 3.33. The van der Waals surface area contributed by atoms with Gasteiger partial charge in [0.1, 0.15) is 6.61 Å². The second kappa shape index (κ2) is 9.48. The molecule has 0 spiro atoms. The normalized spacial score (nSPS) is 15.5. The fraction of sp³-hybridized carbons (Fsp3) is 0.450. The Morgan fingerprint density at radius 1 is 1.14 bits per heavy atom. The van der Waals surface area contributed by atoms with Gasteiger partial charge in [-0.05, 0) is 5.56 Å². The minimum absolute atomic E-state index is 0.0529. The number of imidazole rings is 1. The van der Waals surface area contributed by atoms with E-state index in [2.05, 4.69) is 17.1 Å². The maximum absolute atomic E-state index is 12.6. The average molecular weight is 385 g/mol. The molecule has 1 aromatic heterocycles. The van der Waals surface area contributed by atoms with E-state index in [1.165, 1.54) is 12.7 Å². The molecule has 1 saturated heterocycles. The van der Waals surface area contributed by atoms with Crippen molar-refractivity contribution in [2.24, 2.45) is 5.73 Å². The largest absolute Gasteiger partial charge is 0.375 e. The number of methoxy groups -OCH3 is 1. The summed E-state index contributed by atoms with van der Waals surface area (Å²) >= 11 is 0. The van der Waals surface area contributed by atoms with Gasteiger partial charge in [-0.3, -0.25) is 9.59 Å². The Balaban J connectivity index is 1.49. The Kier molecular flexibility index (Phi) is 6.78. The Morgan fingerprint density at radius 2 is 1.82 bits per heavy atom. The first-order valence-corrected chi connectivity index (χ1v) is 9.42. The van der Waals surface area contributed by atoms with Crippen LogP contribution in [0.3, 0.4) is 0 Å². The fourth-order valence-electron chi connectivity index (χ4n) is 3.33. The highest BCUT2D eigenvalue weighted by atomic mass is 16.5. The minimum atomic E-state index is -0.638. The lowest BCUT2D eigenvalue weighted by Gasteiger charge is -2.35. The van der Waals surface area contributed by atoms with Crippen molar-refractivity contribution in [1.29, 1.82) is 0 Å². The highest BCUT2D eigenvalue weighted by Gasteiger charge is 2.27. The van der Waals surface area contributed by atoms with Gasteiger partial charge < -0.3 is 24.8 Å². The predicted molar refractivity (Wildman–Crippen MR) is 104 cm³/mol. The maximum atomic E-state index is 12.6. The van der Waals surface area contributed by atoms with Crippen molar-refractivity contribution in [3.05, 3.63) is 54.1 Å². The molecule has 8 heteroatoms. The van der Waals surface area contributed by atoms with Gasteiger partial charge in [-0.2, -0.15) is 0 Å². The van der Waals surface area contributed by atoms with Gasteiger partial charge in [-0.25, -0.2) is 4.98 Å². The number of nitrogens with two attached hydrogens (primary N) is 1. The van der Waals surface area contributed by atoms with Crippen LogP contribution in [-0.4, -0.2) is 77.1 Å². The van der Waals surface area contributed by atoms with E-state index in [0.717, 1.165) is 12.2 Å². The summed E-state index contributed by atoms with van der Waals surface area (Å²) < 4.78 is 6.86. The molecule has 1 fully saturated rings. The molecule has 1 aliphatic rings. The Bertz CT molecular complexity index is 784. The van der Waals surface area contributed by atoms with Crippen LogP contribution in [0.15, 0.2) is 42.9 Å². The summed E-state index contributed by atoms with van der Waals surface area (Å²) in [6, 6.07) is 9.48. The molecule has 2 amide bonds. The lowest BCUT2D eigenvalue weighted by molar-refractivity contribution is -0.142. The van der Waals surface area contributed by atoms with Crippen LogP contribution in [0.2, 0.25) is 0 Å². The summed E-state index contributed by atoms with van der Waals surface area (Å²) in [5.74, 6) is -0.153. The number of rotatable bonds is 7. The summed E-state index contributed by atoms with van der Waals surface area (Å²) in [4.78, 5) is 32.3. The van der Waals surface area contributed by atoms with Crippen LogP contribution in [0.1, 0.15) is 11.3 Å². The van der Waals surface area contributed by atoms with Gasteiger partial charge in [-0.1, -0.05) is 30.3 Å². The van der Waals surface area contributed by atoms with E-state index < -0.39 is 6.04 Å². The second-order valence-electron chi connectivity index (χ2n) is 6.97. The van der Waals surface area contributed by atoms with Crippen molar-refractivity contribution in [1.82, 2.24) is 19.4 Å². The van der Waals surface area contributed by atoms with Crippen LogP contribution in [0, 0.1) is 0 Å². The molecule has 150 valence electrons. The quantitative estimate of drug-likeness (QED) is 0.731. The predicted octanol–water partition coefficient (Wildman–Crippen LogP) is 0.118. The smallest absolute Gasteiger partial charge is 0.248 e. The number of aromatic nitrogens is 2. The number of carbonyl (C=O) groups excluding carboxylic acids is 2. The molecular formula is C20H27N5O3. The molecule has 1 aliphatic heterocycles. The Labute approximate surface area is 164 Å². The van der Waals surface area contributed by atoms with Crippen molar-refractivity contribution >= 4 is 11.8 Å². The zero-order chi connectivity index (χ0) is 19.9. The molecule has 2 heterocycles. The summed E-state index contributed by atoms with van der Waals surface area (Å²) in [6.07, 6.45) is 4.09. The number of nitrogens with zero attached hydrogens (tertiary/aromatic N) is 4. The van der Waals surface area contributed by atoms with Gasteiger partial charge in [-0.15, -0.1) is 0 Å². The number of benzene rings is 1. The number of carbonyl (C=O) groups is 2. The number of hydrogen-bond donors (Lipinski definition) is 1. The highest BCUT2D eigenvalue weighted by Crippen LogP contribution is 2.09. The minimum Gasteiger partial charge on any atom is -0.375 e. The van der Waals surface area contributed by atoms with Crippen LogP contribution in [0.4, 0.5) is 0 Å². The van der Waals surface area contributed by atoms with E-state index in [0.29, 0.717) is 32.6 Å². The third-order valence-corrected chi connectivity index (χ3v) is 4.85. The van der Waals surface area contributed by atoms with E-state index in [1.54, 1.807) is 16.1 Å². The van der Waals surface area contributed by atoms with E-state index in [1.807, 2.05) is 29.0 Å². The van der Waals surface area contributed by atoms with E-state index >= 15 is 0 Å². The van der Waals surface area contributed by atoms with Gasteiger partial charge in [0.05, 0.1) is 18.1 Å². The first kappa shape index (κ1) is 20.0. The number of amides is 2. The van der Waals surface area contributed by atoms with Crippen molar-refractivity contribution in [3.63, 3.8) is 0 Å². The van der Waals surface area contributed by atoms with E-state index in [-0.39, 0.29) is 18.4 Å². The third kappa shape index (κ3) is 5.17. The van der Waals surface area contributed by atoms with Gasteiger partial charge in [0.15, 0.2) is 0 Å². The van der Waals surface area contributed by atoms with Crippen molar-refractivity contribution in [3.8, 4) is 0 Å². The van der Waals surface area contributed by atoms with Gasteiger partial charge in [0.2, 0.25) is 11.8 Å². The van der Waals surface area contributed by atoms with E-state index in [4.69, 9.17) is 10.5 Å². The van der Waals surface area contributed by atoms with Crippen molar-refractivity contribution < 1.29 is 14.3 Å². The SMILES string of the molecule is COCC(=O)N1CCN(C(=O)[C@@H](N)Cc2cn(Cc3ccccc3)cn2)CC1. The Morgan fingerprint density at radius 3 is 2.50 bits per heavy atom. The van der Waals surface area contributed by atoms with Crippen molar-refractivity contribution in [2.45, 2.75) is 19.0 Å². The standard InChI is InChI=1S/C20H27N5O3/c1-28-14-19(26)24-7-9-25(10-8-24)20(27)18(21)11-17-13-23(15-22-17)12-16-5-3-2-4-6-16/h2-6,13,15,18H,7-12,14,21H2,1H3/t18-/m0/s1. The molecule has 0 saturated carbocycles. The first-order chi connectivity index (χ1) is 13.6. The van der Waals surface area contributed by atoms with Crippen LogP contribution in [0.5, 0.6) is 0 Å². The summed E-state index contributed by atoms with van der Waals surface area (Å²) in [5.41, 5.74) is 8.13. The monoisotopic (exact) mass is 385 g/mol. The summed E-state index contributed by atoms with van der Waals surface area (Å²) in [6.45, 7) is 2.79. The zero-order valence-corrected chi connectivity index (χ0v) is 16.2. The molecule has 0 bridgehead atoms. The first-order valence-electron chi connectivity index (χ1n) is 9.42. The molecule has 1 atom stereocenters.